The molecule has 64 valence electrons. The van der Waals surface area contributed by atoms with E-state index in [0.29, 0.717) is 5.88 Å². The van der Waals surface area contributed by atoms with Crippen molar-refractivity contribution in [1.82, 2.24) is 15.2 Å². The van der Waals surface area contributed by atoms with Gasteiger partial charge in [0.2, 0.25) is 0 Å². The van der Waals surface area contributed by atoms with E-state index in [1.807, 2.05) is 6.07 Å². The predicted molar refractivity (Wildman–Crippen MR) is 51.5 cm³/mol. The lowest BCUT2D eigenvalue weighted by Gasteiger charge is -1.89. The average Bonchev–Trinajstić information content (AvgIpc) is 2.61. The van der Waals surface area contributed by atoms with E-state index in [4.69, 9.17) is 11.6 Å². The Morgan fingerprint density at radius 2 is 2.38 bits per heavy atom. The minimum atomic E-state index is 0.334. The molecule has 0 aromatic carbocycles. The molecule has 3 nitrogen and oxygen atoms in total. The number of H-pyrrole nitrogens is 1. The zero-order valence-electron chi connectivity index (χ0n) is 6.71. The number of halogens is 1. The van der Waals surface area contributed by atoms with Gasteiger partial charge in [0, 0.05) is 11.8 Å². The molecule has 2 aromatic rings. The van der Waals surface area contributed by atoms with Crippen molar-refractivity contribution in [3.8, 4) is 11.8 Å². The third kappa shape index (κ3) is 1.63. The maximum atomic E-state index is 5.43. The fraction of sp³-hybridized carbons (Fsp3) is 0.111. The van der Waals surface area contributed by atoms with Crippen LogP contribution in [0.15, 0.2) is 18.5 Å². The normalized spacial score (nSPS) is 9.62. The zero-order valence-corrected chi connectivity index (χ0v) is 7.47. The van der Waals surface area contributed by atoms with Crippen LogP contribution < -0.4 is 0 Å². The highest BCUT2D eigenvalue weighted by Crippen LogP contribution is 2.07. The van der Waals surface area contributed by atoms with Crippen LogP contribution in [0, 0.1) is 11.8 Å². The van der Waals surface area contributed by atoms with Crippen LogP contribution in [-0.2, 0) is 0 Å². The predicted octanol–water partition coefficient (Wildman–Crippen LogP) is 1.55. The summed E-state index contributed by atoms with van der Waals surface area (Å²) in [6, 6.07) is 1.90. The van der Waals surface area contributed by atoms with Gasteiger partial charge < -0.3 is 0 Å². The van der Waals surface area contributed by atoms with Gasteiger partial charge in [-0.2, -0.15) is 5.10 Å². The van der Waals surface area contributed by atoms with Crippen LogP contribution in [-0.4, -0.2) is 21.1 Å². The molecule has 0 aliphatic heterocycles. The monoisotopic (exact) mass is 191 g/mol. The number of nitrogens with zero attached hydrogens (tertiary/aromatic N) is 2. The van der Waals surface area contributed by atoms with Crippen molar-refractivity contribution in [2.24, 2.45) is 0 Å². The van der Waals surface area contributed by atoms with Crippen molar-refractivity contribution in [3.63, 3.8) is 0 Å². The zero-order chi connectivity index (χ0) is 9.10. The molecule has 0 spiro atoms. The summed E-state index contributed by atoms with van der Waals surface area (Å²) < 4.78 is 0. The average molecular weight is 192 g/mol. The molecule has 13 heavy (non-hydrogen) atoms. The van der Waals surface area contributed by atoms with E-state index >= 15 is 0 Å². The molecule has 2 rings (SSSR count). The van der Waals surface area contributed by atoms with E-state index in [2.05, 4.69) is 27.0 Å². The van der Waals surface area contributed by atoms with Crippen molar-refractivity contribution in [3.05, 3.63) is 24.0 Å². The highest BCUT2D eigenvalue weighted by molar-refractivity contribution is 6.19. The molecule has 0 amide bonds. The molecule has 0 unspecified atom stereocenters. The van der Waals surface area contributed by atoms with E-state index in [-0.39, 0.29) is 0 Å². The fourth-order valence-corrected chi connectivity index (χ4v) is 1.10. The lowest BCUT2D eigenvalue weighted by atomic mass is 10.2. The first-order valence-electron chi connectivity index (χ1n) is 3.74. The number of nitrogens with one attached hydrogen (secondary N) is 1. The number of aromatic amines is 1. The third-order valence-corrected chi connectivity index (χ3v) is 1.72. The van der Waals surface area contributed by atoms with Crippen LogP contribution in [0.4, 0.5) is 0 Å². The van der Waals surface area contributed by atoms with Gasteiger partial charge in [-0.05, 0) is 6.07 Å². The largest absolute Gasteiger partial charge is 0.276 e. The maximum absolute atomic E-state index is 5.43. The molecule has 0 radical (unpaired) electrons. The number of fused-ring (bicyclic) bond motifs is 1. The lowest BCUT2D eigenvalue weighted by molar-refractivity contribution is 1.12. The van der Waals surface area contributed by atoms with Gasteiger partial charge in [0.05, 0.1) is 17.6 Å². The highest BCUT2D eigenvalue weighted by atomic mass is 35.5. The van der Waals surface area contributed by atoms with Crippen LogP contribution in [0.5, 0.6) is 0 Å². The topological polar surface area (TPSA) is 41.6 Å². The first-order valence-corrected chi connectivity index (χ1v) is 4.27. The molecule has 0 aliphatic rings. The highest BCUT2D eigenvalue weighted by Gasteiger charge is 1.95. The lowest BCUT2D eigenvalue weighted by Crippen LogP contribution is -1.79. The van der Waals surface area contributed by atoms with Gasteiger partial charge in [0.25, 0.3) is 0 Å². The molecule has 2 aromatic heterocycles. The standard InChI is InChI=1S/C9H6ClN3/c10-3-1-2-7-4-8-9(11-5-7)6-12-13-8/h4-6H,3H2,(H,12,13). The van der Waals surface area contributed by atoms with Crippen molar-refractivity contribution in [2.75, 3.05) is 5.88 Å². The quantitative estimate of drug-likeness (QED) is 0.507. The molecule has 1 N–H and O–H groups in total. The number of rotatable bonds is 0. The van der Waals surface area contributed by atoms with E-state index in [0.717, 1.165) is 16.6 Å². The van der Waals surface area contributed by atoms with Gasteiger partial charge in [0.15, 0.2) is 0 Å². The summed E-state index contributed by atoms with van der Waals surface area (Å²) in [6.07, 6.45) is 3.38. The fourth-order valence-electron chi connectivity index (χ4n) is 1.03. The maximum Gasteiger partial charge on any atom is 0.108 e. The Morgan fingerprint density at radius 3 is 3.23 bits per heavy atom. The number of hydrogen-bond acceptors (Lipinski definition) is 2. The van der Waals surface area contributed by atoms with Crippen molar-refractivity contribution in [1.29, 1.82) is 0 Å². The van der Waals surface area contributed by atoms with Crippen LogP contribution in [0.25, 0.3) is 11.0 Å². The van der Waals surface area contributed by atoms with Crippen LogP contribution in [0.3, 0.4) is 0 Å². The Balaban J connectivity index is 2.48. The summed E-state index contributed by atoms with van der Waals surface area (Å²) in [5.41, 5.74) is 2.58. The van der Waals surface area contributed by atoms with E-state index in [1.54, 1.807) is 12.4 Å². The first kappa shape index (κ1) is 8.09. The summed E-state index contributed by atoms with van der Waals surface area (Å²) in [7, 11) is 0. The Kier molecular flexibility index (Phi) is 2.15. The summed E-state index contributed by atoms with van der Waals surface area (Å²) in [4.78, 5) is 4.15. The van der Waals surface area contributed by atoms with Crippen LogP contribution in [0.2, 0.25) is 0 Å². The van der Waals surface area contributed by atoms with Gasteiger partial charge in [-0.1, -0.05) is 11.8 Å². The smallest absolute Gasteiger partial charge is 0.108 e. The molecule has 2 heterocycles. The summed E-state index contributed by atoms with van der Waals surface area (Å²) in [5, 5.41) is 6.68. The van der Waals surface area contributed by atoms with E-state index < -0.39 is 0 Å². The van der Waals surface area contributed by atoms with Gasteiger partial charge in [-0.15, -0.1) is 11.6 Å². The van der Waals surface area contributed by atoms with Crippen molar-refractivity contribution < 1.29 is 0 Å². The second-order valence-corrected chi connectivity index (χ2v) is 2.73. The molecular weight excluding hydrogens is 186 g/mol. The first-order chi connectivity index (χ1) is 6.40. The summed E-state index contributed by atoms with van der Waals surface area (Å²) in [6.45, 7) is 0. The van der Waals surface area contributed by atoms with Gasteiger partial charge in [0.1, 0.15) is 5.52 Å². The minimum absolute atomic E-state index is 0.334. The Hall–Kier alpha value is -1.53. The molecule has 0 saturated heterocycles. The summed E-state index contributed by atoms with van der Waals surface area (Å²) >= 11 is 5.43. The van der Waals surface area contributed by atoms with Gasteiger partial charge in [-0.3, -0.25) is 10.1 Å². The molecular formula is C9H6ClN3. The van der Waals surface area contributed by atoms with Crippen LogP contribution >= 0.6 is 11.6 Å². The van der Waals surface area contributed by atoms with Crippen molar-refractivity contribution in [2.45, 2.75) is 0 Å². The van der Waals surface area contributed by atoms with Gasteiger partial charge >= 0.3 is 0 Å². The van der Waals surface area contributed by atoms with Gasteiger partial charge in [-0.25, -0.2) is 0 Å². The Labute approximate surface area is 80.1 Å². The van der Waals surface area contributed by atoms with E-state index in [1.165, 1.54) is 0 Å². The molecule has 0 bridgehead atoms. The molecule has 0 saturated carbocycles. The molecule has 0 aliphatic carbocycles. The Morgan fingerprint density at radius 1 is 1.46 bits per heavy atom. The number of pyridine rings is 1. The molecule has 0 fully saturated rings. The van der Waals surface area contributed by atoms with Crippen molar-refractivity contribution >= 4 is 22.6 Å². The Bertz CT molecular complexity index is 478. The van der Waals surface area contributed by atoms with E-state index in [9.17, 15) is 0 Å². The SMILES string of the molecule is ClCC#Cc1cnc2cn[nH]c2c1. The molecule has 4 heteroatoms. The molecule has 0 atom stereocenters. The van der Waals surface area contributed by atoms with Crippen LogP contribution in [0.1, 0.15) is 5.56 Å². The number of aromatic nitrogens is 3. The summed E-state index contributed by atoms with van der Waals surface area (Å²) in [5.74, 6) is 5.98. The second kappa shape index (κ2) is 3.46. The third-order valence-electron chi connectivity index (χ3n) is 1.59. The minimum Gasteiger partial charge on any atom is -0.276 e. The second-order valence-electron chi connectivity index (χ2n) is 2.46. The number of alkyl halides is 1. The number of hydrogen-bond donors (Lipinski definition) is 1.